The fourth-order valence-electron chi connectivity index (χ4n) is 4.37. The summed E-state index contributed by atoms with van der Waals surface area (Å²) in [6.07, 6.45) is 3.45. The van der Waals surface area contributed by atoms with Crippen LogP contribution < -0.4 is 0 Å². The fourth-order valence-corrected chi connectivity index (χ4v) is 5.66. The smallest absolute Gasteiger partial charge is 0.257 e. The van der Waals surface area contributed by atoms with E-state index in [-0.39, 0.29) is 5.25 Å². The zero-order chi connectivity index (χ0) is 18.2. The Bertz CT molecular complexity index is 911. The van der Waals surface area contributed by atoms with Crippen LogP contribution in [-0.2, 0) is 0 Å². The molecule has 1 heterocycles. The summed E-state index contributed by atoms with van der Waals surface area (Å²) in [6.45, 7) is 0. The van der Waals surface area contributed by atoms with Gasteiger partial charge in [-0.15, -0.1) is 0 Å². The van der Waals surface area contributed by atoms with Crippen molar-refractivity contribution in [1.82, 2.24) is 4.98 Å². The van der Waals surface area contributed by atoms with Crippen LogP contribution >= 0.6 is 11.8 Å². The second kappa shape index (κ2) is 6.89. The Hall–Kier alpha value is -2.53. The van der Waals surface area contributed by atoms with Gasteiger partial charge in [0.25, 0.3) is 5.22 Å². The number of oxazole rings is 1. The van der Waals surface area contributed by atoms with Gasteiger partial charge in [0.1, 0.15) is 5.69 Å². The minimum atomic E-state index is 0.166. The molecule has 0 radical (unpaired) electrons. The van der Waals surface area contributed by atoms with Gasteiger partial charge in [-0.3, -0.25) is 0 Å². The second-order valence-electron chi connectivity index (χ2n) is 7.22. The van der Waals surface area contributed by atoms with Gasteiger partial charge in [-0.05, 0) is 25.2 Å². The van der Waals surface area contributed by atoms with Crippen LogP contribution in [0.3, 0.4) is 0 Å². The first kappa shape index (κ1) is 16.6. The molecule has 2 saturated carbocycles. The van der Waals surface area contributed by atoms with E-state index in [1.165, 1.54) is 6.42 Å². The monoisotopic (exact) mass is 376 g/mol. The average molecular weight is 376 g/mol. The molecule has 27 heavy (non-hydrogen) atoms. The normalized spacial score (nSPS) is 25.3. The minimum absolute atomic E-state index is 0.166. The lowest BCUT2D eigenvalue weighted by atomic mass is 9.98. The van der Waals surface area contributed by atoms with E-state index in [4.69, 9.17) is 9.40 Å². The number of thioether (sulfide) groups is 1. The summed E-state index contributed by atoms with van der Waals surface area (Å²) < 4.78 is 6.23. The fraction of sp³-hybridized carbons (Fsp3) is 0.273. The molecule has 2 bridgehead atoms. The highest BCUT2D eigenvalue weighted by atomic mass is 32.2. The Labute approximate surface area is 162 Å². The Morgan fingerprint density at radius 3 is 2.37 bits per heavy atom. The number of aromatic nitrogens is 1. The van der Waals surface area contributed by atoms with Crippen molar-refractivity contribution < 1.29 is 9.62 Å². The molecule has 0 aliphatic heterocycles. The lowest BCUT2D eigenvalue weighted by Gasteiger charge is -2.20. The number of hydrogen-bond acceptors (Lipinski definition) is 5. The first-order valence-corrected chi connectivity index (χ1v) is 10.2. The molecule has 2 aliphatic rings. The van der Waals surface area contributed by atoms with Crippen LogP contribution in [0.5, 0.6) is 0 Å². The van der Waals surface area contributed by atoms with Gasteiger partial charge in [-0.25, -0.2) is 4.98 Å². The quantitative estimate of drug-likeness (QED) is 0.467. The van der Waals surface area contributed by atoms with E-state index in [1.54, 1.807) is 11.8 Å². The highest BCUT2D eigenvalue weighted by Crippen LogP contribution is 2.50. The minimum Gasteiger partial charge on any atom is -0.431 e. The molecule has 0 saturated heterocycles. The molecule has 1 N–H and O–H groups in total. The molecule has 136 valence electrons. The van der Waals surface area contributed by atoms with Gasteiger partial charge in [0.05, 0.1) is 11.0 Å². The molecule has 2 aliphatic carbocycles. The van der Waals surface area contributed by atoms with Gasteiger partial charge in [0.15, 0.2) is 5.76 Å². The van der Waals surface area contributed by atoms with Crippen molar-refractivity contribution in [3.8, 4) is 22.6 Å². The van der Waals surface area contributed by atoms with Crippen LogP contribution in [0, 0.1) is 11.8 Å². The zero-order valence-electron chi connectivity index (χ0n) is 14.8. The van der Waals surface area contributed by atoms with E-state index in [0.29, 0.717) is 17.1 Å². The molecule has 2 fully saturated rings. The largest absolute Gasteiger partial charge is 0.431 e. The number of nitrogens with zero attached hydrogens (tertiary/aromatic N) is 2. The molecule has 3 aromatic rings. The van der Waals surface area contributed by atoms with E-state index < -0.39 is 0 Å². The molecule has 5 heteroatoms. The lowest BCUT2D eigenvalue weighted by Crippen LogP contribution is -2.24. The average Bonchev–Trinajstić information content (AvgIpc) is 3.44. The first-order chi connectivity index (χ1) is 13.3. The van der Waals surface area contributed by atoms with Crippen molar-refractivity contribution in [3.05, 3.63) is 60.7 Å². The maximum absolute atomic E-state index is 9.48. The van der Waals surface area contributed by atoms with Gasteiger partial charge in [-0.1, -0.05) is 77.6 Å². The van der Waals surface area contributed by atoms with Crippen LogP contribution in [-0.4, -0.2) is 21.2 Å². The van der Waals surface area contributed by atoms with Crippen molar-refractivity contribution in [3.63, 3.8) is 0 Å². The van der Waals surface area contributed by atoms with Gasteiger partial charge < -0.3 is 9.62 Å². The molecular formula is C22H20N2O2S. The molecular weight excluding hydrogens is 356 g/mol. The van der Waals surface area contributed by atoms with E-state index in [0.717, 1.165) is 41.1 Å². The molecule has 4 nitrogen and oxygen atoms in total. The summed E-state index contributed by atoms with van der Waals surface area (Å²) in [4.78, 5) is 4.83. The van der Waals surface area contributed by atoms with Gasteiger partial charge in [0.2, 0.25) is 0 Å². The Balaban J connectivity index is 1.54. The highest BCUT2D eigenvalue weighted by Gasteiger charge is 2.46. The van der Waals surface area contributed by atoms with E-state index >= 15 is 0 Å². The van der Waals surface area contributed by atoms with Crippen LogP contribution in [0.25, 0.3) is 22.6 Å². The van der Waals surface area contributed by atoms with E-state index in [1.807, 2.05) is 48.5 Å². The maximum atomic E-state index is 9.48. The summed E-state index contributed by atoms with van der Waals surface area (Å²) >= 11 is 1.60. The third-order valence-electron chi connectivity index (χ3n) is 5.65. The van der Waals surface area contributed by atoms with E-state index in [2.05, 4.69) is 17.3 Å². The third-order valence-corrected chi connectivity index (χ3v) is 6.90. The molecule has 0 amide bonds. The van der Waals surface area contributed by atoms with Crippen molar-refractivity contribution in [2.24, 2.45) is 17.0 Å². The SMILES string of the molecule is O/N=C1/C2CCC(C2)C1Sc1nc(-c2ccccc2)c(-c2ccccc2)o1. The zero-order valence-corrected chi connectivity index (χ0v) is 15.6. The van der Waals surface area contributed by atoms with Crippen molar-refractivity contribution in [2.45, 2.75) is 29.7 Å². The number of oxime groups is 1. The predicted octanol–water partition coefficient (Wildman–Crippen LogP) is 5.73. The van der Waals surface area contributed by atoms with Crippen LogP contribution in [0.4, 0.5) is 0 Å². The summed E-state index contributed by atoms with van der Waals surface area (Å²) in [7, 11) is 0. The molecule has 3 atom stereocenters. The van der Waals surface area contributed by atoms with Crippen molar-refractivity contribution >= 4 is 17.5 Å². The topological polar surface area (TPSA) is 58.6 Å². The van der Waals surface area contributed by atoms with Gasteiger partial charge in [-0.2, -0.15) is 0 Å². The Morgan fingerprint density at radius 1 is 0.963 bits per heavy atom. The molecule has 0 spiro atoms. The summed E-state index contributed by atoms with van der Waals surface area (Å²) in [5.74, 6) is 1.77. The lowest BCUT2D eigenvalue weighted by molar-refractivity contribution is 0.313. The van der Waals surface area contributed by atoms with Crippen molar-refractivity contribution in [2.75, 3.05) is 0 Å². The molecule has 5 rings (SSSR count). The van der Waals surface area contributed by atoms with Crippen LogP contribution in [0.2, 0.25) is 0 Å². The van der Waals surface area contributed by atoms with Crippen LogP contribution in [0.1, 0.15) is 19.3 Å². The van der Waals surface area contributed by atoms with E-state index in [9.17, 15) is 5.21 Å². The van der Waals surface area contributed by atoms with Crippen molar-refractivity contribution in [1.29, 1.82) is 0 Å². The Morgan fingerprint density at radius 2 is 1.67 bits per heavy atom. The number of benzene rings is 2. The number of fused-ring (bicyclic) bond motifs is 2. The summed E-state index contributed by atoms with van der Waals surface area (Å²) in [5.41, 5.74) is 3.82. The highest BCUT2D eigenvalue weighted by molar-refractivity contribution is 8.00. The molecule has 1 aromatic heterocycles. The van der Waals surface area contributed by atoms with Gasteiger partial charge >= 0.3 is 0 Å². The summed E-state index contributed by atoms with van der Waals surface area (Å²) in [5, 5.41) is 13.9. The van der Waals surface area contributed by atoms with Crippen LogP contribution in [0.15, 0.2) is 75.5 Å². The summed E-state index contributed by atoms with van der Waals surface area (Å²) in [6, 6.07) is 20.2. The first-order valence-electron chi connectivity index (χ1n) is 9.33. The second-order valence-corrected chi connectivity index (χ2v) is 8.32. The predicted molar refractivity (Wildman–Crippen MR) is 107 cm³/mol. The number of rotatable bonds is 4. The molecule has 3 unspecified atom stereocenters. The number of hydrogen-bond donors (Lipinski definition) is 1. The molecule has 2 aromatic carbocycles. The van der Waals surface area contributed by atoms with Gasteiger partial charge in [0, 0.05) is 17.0 Å². The standard InChI is InChI=1S/C22H20N2O2S/c25-24-19-16-11-12-17(13-16)21(19)27-22-23-18(14-7-3-1-4-8-14)20(26-22)15-9-5-2-6-10-15/h1-10,16-17,21,25H,11-13H2/b24-19-. The maximum Gasteiger partial charge on any atom is 0.257 e. The Kier molecular flexibility index (Phi) is 4.24. The third kappa shape index (κ3) is 2.96.